The minimum Gasteiger partial charge on any atom is -0.374 e. The maximum Gasteiger partial charge on any atom is 0.0797 e. The van der Waals surface area contributed by atoms with E-state index in [1.54, 1.807) is 0 Å². The zero-order valence-electron chi connectivity index (χ0n) is 8.96. The second-order valence-electron chi connectivity index (χ2n) is 3.92. The quantitative estimate of drug-likeness (QED) is 0.786. The summed E-state index contributed by atoms with van der Waals surface area (Å²) in [5.41, 5.74) is 1.22. The molecule has 1 atom stereocenters. The molecule has 0 aliphatic rings. The summed E-state index contributed by atoms with van der Waals surface area (Å²) in [4.78, 5) is 0. The van der Waals surface area contributed by atoms with E-state index in [0.29, 0.717) is 5.92 Å². The van der Waals surface area contributed by atoms with E-state index in [1.807, 2.05) is 12.1 Å². The molecule has 0 saturated heterocycles. The van der Waals surface area contributed by atoms with Crippen molar-refractivity contribution >= 4 is 15.9 Å². The summed E-state index contributed by atoms with van der Waals surface area (Å²) in [5.74, 6) is 0.588. The van der Waals surface area contributed by atoms with Crippen LogP contribution in [0.5, 0.6) is 0 Å². The molecule has 0 aliphatic heterocycles. The zero-order chi connectivity index (χ0) is 10.6. The van der Waals surface area contributed by atoms with Crippen LogP contribution in [0.4, 0.5) is 0 Å². The van der Waals surface area contributed by atoms with E-state index < -0.39 is 0 Å². The first-order valence-corrected chi connectivity index (χ1v) is 5.76. The van der Waals surface area contributed by atoms with Crippen molar-refractivity contribution in [3.05, 3.63) is 34.3 Å². The molecular formula is C12H17BrO. The Bertz CT molecular complexity index is 283. The number of hydrogen-bond donors (Lipinski definition) is 0. The number of benzene rings is 1. The summed E-state index contributed by atoms with van der Waals surface area (Å²) in [6, 6.07) is 8.26. The van der Waals surface area contributed by atoms with E-state index in [2.05, 4.69) is 48.8 Å². The predicted octanol–water partition coefficient (Wildman–Crippen LogP) is 4.18. The van der Waals surface area contributed by atoms with E-state index in [-0.39, 0.29) is 6.10 Å². The smallest absolute Gasteiger partial charge is 0.0797 e. The minimum atomic E-state index is 0.176. The minimum absolute atomic E-state index is 0.176. The molecule has 0 spiro atoms. The highest BCUT2D eigenvalue weighted by Crippen LogP contribution is 2.21. The Balaban J connectivity index is 2.56. The molecule has 0 aliphatic carbocycles. The van der Waals surface area contributed by atoms with Crippen molar-refractivity contribution in [1.82, 2.24) is 0 Å². The Hall–Kier alpha value is -0.340. The Morgan fingerprint density at radius 1 is 1.29 bits per heavy atom. The van der Waals surface area contributed by atoms with Gasteiger partial charge in [0.05, 0.1) is 6.10 Å². The topological polar surface area (TPSA) is 9.23 Å². The van der Waals surface area contributed by atoms with Crippen LogP contribution < -0.4 is 0 Å². The molecule has 0 aromatic heterocycles. The maximum atomic E-state index is 5.72. The molecule has 1 rings (SSSR count). The first-order valence-electron chi connectivity index (χ1n) is 4.96. The average molecular weight is 257 g/mol. The molecule has 1 aromatic rings. The zero-order valence-corrected chi connectivity index (χ0v) is 10.5. The Labute approximate surface area is 94.6 Å². The Kier molecular flexibility index (Phi) is 4.63. The largest absolute Gasteiger partial charge is 0.374 e. The fraction of sp³-hybridized carbons (Fsp3) is 0.500. The van der Waals surface area contributed by atoms with Crippen molar-refractivity contribution in [2.24, 2.45) is 5.92 Å². The summed E-state index contributed by atoms with van der Waals surface area (Å²) < 4.78 is 6.83. The normalized spacial score (nSPS) is 13.2. The third-order valence-corrected chi connectivity index (χ3v) is 2.49. The van der Waals surface area contributed by atoms with Crippen LogP contribution in [0.3, 0.4) is 0 Å². The fourth-order valence-corrected chi connectivity index (χ4v) is 1.61. The summed E-state index contributed by atoms with van der Waals surface area (Å²) >= 11 is 3.45. The van der Waals surface area contributed by atoms with Crippen LogP contribution in [-0.2, 0) is 4.74 Å². The van der Waals surface area contributed by atoms with Gasteiger partial charge in [0.25, 0.3) is 0 Å². The second-order valence-corrected chi connectivity index (χ2v) is 4.84. The van der Waals surface area contributed by atoms with Gasteiger partial charge in [0.2, 0.25) is 0 Å². The second kappa shape index (κ2) is 5.52. The van der Waals surface area contributed by atoms with Gasteiger partial charge in [0, 0.05) is 11.1 Å². The van der Waals surface area contributed by atoms with E-state index in [1.165, 1.54) is 5.56 Å². The Morgan fingerprint density at radius 2 is 2.00 bits per heavy atom. The van der Waals surface area contributed by atoms with Crippen molar-refractivity contribution in [3.8, 4) is 0 Å². The maximum absolute atomic E-state index is 5.72. The lowest BCUT2D eigenvalue weighted by molar-refractivity contribution is 0.0469. The van der Waals surface area contributed by atoms with Gasteiger partial charge in [-0.15, -0.1) is 0 Å². The van der Waals surface area contributed by atoms with Crippen LogP contribution in [0.2, 0.25) is 0 Å². The van der Waals surface area contributed by atoms with Gasteiger partial charge in [-0.1, -0.05) is 41.9 Å². The van der Waals surface area contributed by atoms with E-state index in [9.17, 15) is 0 Å². The summed E-state index contributed by atoms with van der Waals surface area (Å²) in [6.07, 6.45) is 0.176. The van der Waals surface area contributed by atoms with Gasteiger partial charge in [0.15, 0.2) is 0 Å². The van der Waals surface area contributed by atoms with Crippen LogP contribution in [0.25, 0.3) is 0 Å². The van der Waals surface area contributed by atoms with Crippen molar-refractivity contribution in [1.29, 1.82) is 0 Å². The van der Waals surface area contributed by atoms with Gasteiger partial charge in [0.1, 0.15) is 0 Å². The van der Waals surface area contributed by atoms with Gasteiger partial charge >= 0.3 is 0 Å². The van der Waals surface area contributed by atoms with Crippen molar-refractivity contribution in [2.75, 3.05) is 6.61 Å². The highest BCUT2D eigenvalue weighted by Gasteiger charge is 2.06. The molecule has 0 heterocycles. The van der Waals surface area contributed by atoms with Crippen LogP contribution in [-0.4, -0.2) is 6.61 Å². The molecule has 0 radical (unpaired) electrons. The molecule has 0 bridgehead atoms. The number of rotatable bonds is 4. The summed E-state index contributed by atoms with van der Waals surface area (Å²) in [7, 11) is 0. The fourth-order valence-electron chi connectivity index (χ4n) is 1.19. The molecule has 0 saturated carbocycles. The standard InChI is InChI=1S/C12H17BrO/c1-9(2)8-14-10(3)11-5-4-6-12(13)7-11/h4-7,9-10H,8H2,1-3H3. The molecule has 0 fully saturated rings. The van der Waals surface area contributed by atoms with Crippen LogP contribution in [0.15, 0.2) is 28.7 Å². The van der Waals surface area contributed by atoms with E-state index in [4.69, 9.17) is 4.74 Å². The molecule has 1 aromatic carbocycles. The molecular weight excluding hydrogens is 240 g/mol. The molecule has 2 heteroatoms. The highest BCUT2D eigenvalue weighted by molar-refractivity contribution is 9.10. The van der Waals surface area contributed by atoms with Gasteiger partial charge in [-0.3, -0.25) is 0 Å². The lowest BCUT2D eigenvalue weighted by Gasteiger charge is -2.15. The lowest BCUT2D eigenvalue weighted by Crippen LogP contribution is -2.06. The highest BCUT2D eigenvalue weighted by atomic mass is 79.9. The first kappa shape index (κ1) is 11.7. The van der Waals surface area contributed by atoms with Crippen LogP contribution in [0, 0.1) is 5.92 Å². The van der Waals surface area contributed by atoms with Gasteiger partial charge < -0.3 is 4.74 Å². The molecule has 0 amide bonds. The third-order valence-electron chi connectivity index (χ3n) is 2.00. The van der Waals surface area contributed by atoms with Gasteiger partial charge in [-0.2, -0.15) is 0 Å². The summed E-state index contributed by atoms with van der Waals surface area (Å²) in [6.45, 7) is 7.22. The number of halogens is 1. The predicted molar refractivity (Wildman–Crippen MR) is 63.3 cm³/mol. The third kappa shape index (κ3) is 3.81. The number of ether oxygens (including phenoxy) is 1. The molecule has 1 nitrogen and oxygen atoms in total. The molecule has 1 unspecified atom stereocenters. The molecule has 0 N–H and O–H groups in total. The average Bonchev–Trinajstić information content (AvgIpc) is 2.14. The molecule has 78 valence electrons. The monoisotopic (exact) mass is 256 g/mol. The van der Waals surface area contributed by atoms with E-state index in [0.717, 1.165) is 11.1 Å². The van der Waals surface area contributed by atoms with Crippen LogP contribution in [0.1, 0.15) is 32.4 Å². The molecule has 14 heavy (non-hydrogen) atoms. The van der Waals surface area contributed by atoms with E-state index >= 15 is 0 Å². The van der Waals surface area contributed by atoms with Crippen molar-refractivity contribution in [3.63, 3.8) is 0 Å². The van der Waals surface area contributed by atoms with Crippen molar-refractivity contribution < 1.29 is 4.74 Å². The van der Waals surface area contributed by atoms with Gasteiger partial charge in [-0.25, -0.2) is 0 Å². The Morgan fingerprint density at radius 3 is 2.57 bits per heavy atom. The first-order chi connectivity index (χ1) is 6.59. The number of hydrogen-bond acceptors (Lipinski definition) is 1. The van der Waals surface area contributed by atoms with Gasteiger partial charge in [-0.05, 0) is 30.5 Å². The lowest BCUT2D eigenvalue weighted by atomic mass is 10.1. The SMILES string of the molecule is CC(C)COC(C)c1cccc(Br)c1. The van der Waals surface area contributed by atoms with Crippen molar-refractivity contribution in [2.45, 2.75) is 26.9 Å². The van der Waals surface area contributed by atoms with Crippen LogP contribution >= 0.6 is 15.9 Å². The summed E-state index contributed by atoms with van der Waals surface area (Å²) in [5, 5.41) is 0.